The number of nitrogens with one attached hydrogen (secondary N) is 2. The van der Waals surface area contributed by atoms with E-state index in [0.717, 1.165) is 0 Å². The second-order valence-corrected chi connectivity index (χ2v) is 6.02. The van der Waals surface area contributed by atoms with Crippen LogP contribution in [0.2, 0.25) is 0 Å². The molecule has 0 spiro atoms. The van der Waals surface area contributed by atoms with E-state index in [2.05, 4.69) is 22.2 Å². The molecule has 0 bridgehead atoms. The first kappa shape index (κ1) is 13.9. The Morgan fingerprint density at radius 1 is 1.33 bits per heavy atom. The molecule has 1 saturated carbocycles. The van der Waals surface area contributed by atoms with Gasteiger partial charge in [-0.1, -0.05) is 19.3 Å². The smallest absolute Gasteiger partial charge is 0.260 e. The quantitative estimate of drug-likeness (QED) is 0.757. The maximum absolute atomic E-state index is 12.1. The van der Waals surface area contributed by atoms with E-state index in [1.54, 1.807) is 18.2 Å². The Morgan fingerprint density at radius 3 is 2.86 bits per heavy atom. The lowest BCUT2D eigenvalue weighted by atomic mass is 9.85. The van der Waals surface area contributed by atoms with Crippen molar-refractivity contribution >= 4 is 22.5 Å². The minimum Gasteiger partial charge on any atom is -0.399 e. The van der Waals surface area contributed by atoms with Crippen LogP contribution in [-0.4, -0.2) is 16.0 Å². The van der Waals surface area contributed by atoms with Crippen molar-refractivity contribution in [1.82, 2.24) is 9.97 Å². The van der Waals surface area contributed by atoms with E-state index >= 15 is 0 Å². The van der Waals surface area contributed by atoms with E-state index in [4.69, 9.17) is 5.73 Å². The van der Waals surface area contributed by atoms with Gasteiger partial charge in [0.1, 0.15) is 0 Å². The summed E-state index contributed by atoms with van der Waals surface area (Å²) in [6.07, 6.45) is 6.45. The van der Waals surface area contributed by atoms with E-state index in [9.17, 15) is 4.79 Å². The van der Waals surface area contributed by atoms with Crippen LogP contribution in [0.5, 0.6) is 0 Å². The van der Waals surface area contributed by atoms with Crippen molar-refractivity contribution in [2.45, 2.75) is 45.1 Å². The van der Waals surface area contributed by atoms with Crippen LogP contribution < -0.4 is 16.6 Å². The fourth-order valence-corrected chi connectivity index (χ4v) is 3.19. The molecule has 0 amide bonds. The molecule has 1 aromatic carbocycles. The van der Waals surface area contributed by atoms with Crippen LogP contribution in [0.25, 0.3) is 10.9 Å². The number of benzene rings is 1. The van der Waals surface area contributed by atoms with E-state index in [0.29, 0.717) is 34.5 Å². The summed E-state index contributed by atoms with van der Waals surface area (Å²) in [5.74, 6) is 1.21. The van der Waals surface area contributed by atoms with Crippen molar-refractivity contribution < 1.29 is 0 Å². The number of rotatable bonds is 3. The van der Waals surface area contributed by atoms with Crippen molar-refractivity contribution in [3.05, 3.63) is 28.6 Å². The molecule has 0 aliphatic heterocycles. The van der Waals surface area contributed by atoms with Gasteiger partial charge in [-0.05, 0) is 43.9 Å². The first-order valence-corrected chi connectivity index (χ1v) is 7.69. The number of hydrogen-bond donors (Lipinski definition) is 3. The highest BCUT2D eigenvalue weighted by Gasteiger charge is 2.20. The average Bonchev–Trinajstić information content (AvgIpc) is 2.49. The van der Waals surface area contributed by atoms with E-state index in [-0.39, 0.29) is 5.56 Å². The third-order valence-corrected chi connectivity index (χ3v) is 4.45. The monoisotopic (exact) mass is 286 g/mol. The summed E-state index contributed by atoms with van der Waals surface area (Å²) in [5.41, 5.74) is 6.81. The number of nitrogens with two attached hydrogens (primary N) is 1. The minimum atomic E-state index is -0.148. The van der Waals surface area contributed by atoms with Crippen LogP contribution in [0.15, 0.2) is 23.0 Å². The van der Waals surface area contributed by atoms with Gasteiger partial charge >= 0.3 is 0 Å². The first-order chi connectivity index (χ1) is 10.1. The highest BCUT2D eigenvalue weighted by molar-refractivity contribution is 5.81. The molecule has 1 heterocycles. The highest BCUT2D eigenvalue weighted by Crippen LogP contribution is 2.27. The van der Waals surface area contributed by atoms with Crippen molar-refractivity contribution in [3.8, 4) is 0 Å². The van der Waals surface area contributed by atoms with Gasteiger partial charge in [0.2, 0.25) is 5.95 Å². The lowest BCUT2D eigenvalue weighted by Crippen LogP contribution is -2.29. The van der Waals surface area contributed by atoms with Gasteiger partial charge in [-0.2, -0.15) is 0 Å². The van der Waals surface area contributed by atoms with E-state index < -0.39 is 0 Å². The number of hydrogen-bond acceptors (Lipinski definition) is 4. The van der Waals surface area contributed by atoms with Crippen LogP contribution in [0, 0.1) is 5.92 Å². The number of nitrogens with zero attached hydrogens (tertiary/aromatic N) is 1. The zero-order valence-electron chi connectivity index (χ0n) is 12.4. The molecule has 1 atom stereocenters. The molecule has 0 radical (unpaired) electrons. The van der Waals surface area contributed by atoms with Gasteiger partial charge in [0.05, 0.1) is 10.9 Å². The molecule has 1 aliphatic rings. The van der Waals surface area contributed by atoms with Gasteiger partial charge in [-0.25, -0.2) is 4.98 Å². The Morgan fingerprint density at radius 2 is 2.10 bits per heavy atom. The number of fused-ring (bicyclic) bond motifs is 1. The van der Waals surface area contributed by atoms with Gasteiger partial charge in [-0.3, -0.25) is 9.78 Å². The lowest BCUT2D eigenvalue weighted by molar-refractivity contribution is 0.327. The molecule has 4 N–H and O–H groups in total. The zero-order chi connectivity index (χ0) is 14.8. The summed E-state index contributed by atoms with van der Waals surface area (Å²) in [6, 6.07) is 5.54. The topological polar surface area (TPSA) is 83.8 Å². The summed E-state index contributed by atoms with van der Waals surface area (Å²) in [4.78, 5) is 19.4. The molecule has 21 heavy (non-hydrogen) atoms. The van der Waals surface area contributed by atoms with Crippen LogP contribution in [-0.2, 0) is 0 Å². The Bertz CT molecular complexity index is 688. The van der Waals surface area contributed by atoms with Crippen molar-refractivity contribution in [1.29, 1.82) is 0 Å². The highest BCUT2D eigenvalue weighted by atomic mass is 16.1. The first-order valence-electron chi connectivity index (χ1n) is 7.69. The van der Waals surface area contributed by atoms with Crippen LogP contribution in [0.1, 0.15) is 39.0 Å². The van der Waals surface area contributed by atoms with E-state index in [1.807, 2.05) is 0 Å². The largest absolute Gasteiger partial charge is 0.399 e. The molecular weight excluding hydrogens is 264 g/mol. The minimum absolute atomic E-state index is 0.148. The number of anilines is 2. The Balaban J connectivity index is 1.84. The fraction of sp³-hybridized carbons (Fsp3) is 0.500. The summed E-state index contributed by atoms with van der Waals surface area (Å²) >= 11 is 0. The third-order valence-electron chi connectivity index (χ3n) is 4.45. The lowest BCUT2D eigenvalue weighted by Gasteiger charge is -2.28. The molecule has 1 aromatic heterocycles. The number of nitrogen functional groups attached to an aromatic ring is 1. The Hall–Kier alpha value is -2.04. The Kier molecular flexibility index (Phi) is 3.82. The molecule has 112 valence electrons. The zero-order valence-corrected chi connectivity index (χ0v) is 12.4. The van der Waals surface area contributed by atoms with Gasteiger partial charge in [0.15, 0.2) is 0 Å². The van der Waals surface area contributed by atoms with Crippen molar-refractivity contribution in [2.24, 2.45) is 5.92 Å². The van der Waals surface area contributed by atoms with Crippen molar-refractivity contribution in [3.63, 3.8) is 0 Å². The third kappa shape index (κ3) is 3.01. The fourth-order valence-electron chi connectivity index (χ4n) is 3.19. The summed E-state index contributed by atoms with van der Waals surface area (Å²) < 4.78 is 0. The normalized spacial score (nSPS) is 17.8. The summed E-state index contributed by atoms with van der Waals surface area (Å²) in [5, 5.41) is 3.89. The predicted octanol–water partition coefficient (Wildman–Crippen LogP) is 2.89. The number of aromatic nitrogens is 2. The van der Waals surface area contributed by atoms with Gasteiger partial charge in [0, 0.05) is 11.7 Å². The SMILES string of the molecule is CC(Nc1nc2ccc(N)cc2c(=O)[nH]1)C1CCCCC1. The standard InChI is InChI=1S/C16H22N4O/c1-10(11-5-3-2-4-6-11)18-16-19-14-8-7-12(17)9-13(14)15(21)20-16/h7-11H,2-6,17H2,1H3,(H2,18,19,20,21). The summed E-state index contributed by atoms with van der Waals surface area (Å²) in [6.45, 7) is 2.17. The van der Waals surface area contributed by atoms with E-state index in [1.165, 1.54) is 32.1 Å². The molecule has 5 nitrogen and oxygen atoms in total. The number of H-pyrrole nitrogens is 1. The molecule has 2 aromatic rings. The molecule has 5 heteroatoms. The molecule has 1 aliphatic carbocycles. The Labute approximate surface area is 124 Å². The predicted molar refractivity (Wildman–Crippen MR) is 86.4 cm³/mol. The van der Waals surface area contributed by atoms with Crippen molar-refractivity contribution in [2.75, 3.05) is 11.1 Å². The maximum atomic E-state index is 12.1. The average molecular weight is 286 g/mol. The van der Waals surface area contributed by atoms with Crippen LogP contribution in [0.4, 0.5) is 11.6 Å². The van der Waals surface area contributed by atoms with Gasteiger partial charge in [0.25, 0.3) is 5.56 Å². The summed E-state index contributed by atoms with van der Waals surface area (Å²) in [7, 11) is 0. The molecule has 3 rings (SSSR count). The number of aromatic amines is 1. The van der Waals surface area contributed by atoms with Gasteiger partial charge in [-0.15, -0.1) is 0 Å². The molecule has 0 saturated heterocycles. The van der Waals surface area contributed by atoms with Crippen LogP contribution >= 0.6 is 0 Å². The maximum Gasteiger partial charge on any atom is 0.260 e. The molecule has 1 unspecified atom stereocenters. The second-order valence-electron chi connectivity index (χ2n) is 6.02. The second kappa shape index (κ2) is 5.76. The molecule has 1 fully saturated rings. The van der Waals surface area contributed by atoms with Gasteiger partial charge < -0.3 is 11.1 Å². The van der Waals surface area contributed by atoms with Crippen LogP contribution in [0.3, 0.4) is 0 Å². The molecular formula is C16H22N4O.